The van der Waals surface area contributed by atoms with Gasteiger partial charge in [-0.25, -0.2) is 4.79 Å². The third-order valence-electron chi connectivity index (χ3n) is 10.9. The summed E-state index contributed by atoms with van der Waals surface area (Å²) in [5, 5.41) is 136. The van der Waals surface area contributed by atoms with Gasteiger partial charge in [-0.05, 0) is 48.9 Å². The molecule has 1 aromatic heterocycles. The van der Waals surface area contributed by atoms with Gasteiger partial charge < -0.3 is 104 Å². The largest absolute Gasteiger partial charge is 0.508 e. The summed E-state index contributed by atoms with van der Waals surface area (Å²) in [4.78, 5) is 27.3. The summed E-state index contributed by atoms with van der Waals surface area (Å²) in [6, 6.07) is 10.7. The number of ether oxygens (including phenoxy) is 7. The molecule has 65 heavy (non-hydrogen) atoms. The van der Waals surface area contributed by atoms with Crippen LogP contribution in [0.1, 0.15) is 12.5 Å². The monoisotopic (exact) mass is 918 g/mol. The summed E-state index contributed by atoms with van der Waals surface area (Å²) >= 11 is 0. The van der Waals surface area contributed by atoms with Crippen molar-refractivity contribution in [2.24, 2.45) is 0 Å². The number of hydrogen-bond acceptors (Lipinski definition) is 23. The number of aromatic hydroxyl groups is 5. The maximum absolute atomic E-state index is 14.1. The van der Waals surface area contributed by atoms with E-state index in [0.717, 1.165) is 30.3 Å². The molecule has 3 aliphatic heterocycles. The topological polar surface area (TPSA) is 375 Å². The number of phenols is 5. The van der Waals surface area contributed by atoms with Crippen LogP contribution in [0.25, 0.3) is 28.4 Å². The first-order chi connectivity index (χ1) is 30.9. The summed E-state index contributed by atoms with van der Waals surface area (Å²) in [6.07, 6.45) is -24.6. The molecule has 7 rings (SSSR count). The van der Waals surface area contributed by atoms with Crippen LogP contribution >= 0.6 is 0 Å². The Morgan fingerprint density at radius 3 is 2.06 bits per heavy atom. The number of fused-ring (bicyclic) bond motifs is 1. The van der Waals surface area contributed by atoms with E-state index < -0.39 is 157 Å². The molecule has 3 aromatic carbocycles. The molecule has 352 valence electrons. The highest BCUT2D eigenvalue weighted by Gasteiger charge is 2.52. The third kappa shape index (κ3) is 9.83. The number of phenolic OH excluding ortho intramolecular Hbond substituents is 5. The molecule has 13 N–H and O–H groups in total. The van der Waals surface area contributed by atoms with Gasteiger partial charge in [-0.15, -0.1) is 0 Å². The van der Waals surface area contributed by atoms with Gasteiger partial charge in [0.2, 0.25) is 17.5 Å². The lowest BCUT2D eigenvalue weighted by Crippen LogP contribution is -2.64. The van der Waals surface area contributed by atoms with E-state index in [0.29, 0.717) is 5.56 Å². The molecule has 15 atom stereocenters. The molecule has 4 aromatic rings. The van der Waals surface area contributed by atoms with Crippen LogP contribution in [0.3, 0.4) is 0 Å². The summed E-state index contributed by atoms with van der Waals surface area (Å²) in [7, 11) is 0. The molecular weight excluding hydrogens is 872 g/mol. The zero-order chi connectivity index (χ0) is 47.0. The van der Waals surface area contributed by atoms with Gasteiger partial charge >= 0.3 is 5.97 Å². The molecular formula is C42H46O23. The number of hydrogen-bond donors (Lipinski definition) is 13. The van der Waals surface area contributed by atoms with Gasteiger partial charge in [-0.1, -0.05) is 12.1 Å². The van der Waals surface area contributed by atoms with Crippen molar-refractivity contribution in [1.29, 1.82) is 0 Å². The molecule has 3 fully saturated rings. The summed E-state index contributed by atoms with van der Waals surface area (Å²) in [6.45, 7) is -0.266. The van der Waals surface area contributed by atoms with Crippen LogP contribution in [-0.2, 0) is 33.2 Å². The Kier molecular flexibility index (Phi) is 14.2. The van der Waals surface area contributed by atoms with E-state index in [-0.39, 0.29) is 16.9 Å². The molecule has 23 nitrogen and oxygen atoms in total. The van der Waals surface area contributed by atoms with E-state index in [2.05, 4.69) is 0 Å². The number of esters is 1. The Bertz CT molecular complexity index is 2400. The Morgan fingerprint density at radius 1 is 0.677 bits per heavy atom. The highest BCUT2D eigenvalue weighted by atomic mass is 16.7. The summed E-state index contributed by atoms with van der Waals surface area (Å²) in [5.41, 5.74) is -1.18. The fraction of sp³-hybridized carbons (Fsp3) is 0.429. The molecule has 3 aliphatic rings. The number of benzene rings is 3. The molecule has 4 heterocycles. The van der Waals surface area contributed by atoms with Gasteiger partial charge in [0.1, 0.15) is 83.2 Å². The lowest BCUT2D eigenvalue weighted by molar-refractivity contribution is -0.361. The number of aliphatic hydroxyl groups excluding tert-OH is 8. The Hall–Kier alpha value is -5.64. The van der Waals surface area contributed by atoms with Crippen molar-refractivity contribution in [3.05, 3.63) is 76.5 Å². The summed E-state index contributed by atoms with van der Waals surface area (Å²) in [5.74, 6) is -5.00. The second kappa shape index (κ2) is 19.4. The first kappa shape index (κ1) is 47.3. The van der Waals surface area contributed by atoms with E-state index in [1.807, 2.05) is 0 Å². The lowest BCUT2D eigenvalue weighted by atomic mass is 9.97. The van der Waals surface area contributed by atoms with Crippen LogP contribution in [0, 0.1) is 0 Å². The minimum Gasteiger partial charge on any atom is -0.508 e. The molecule has 23 heteroatoms. The first-order valence-corrected chi connectivity index (χ1v) is 19.9. The Labute approximate surface area is 365 Å². The highest BCUT2D eigenvalue weighted by Crippen LogP contribution is 2.40. The number of aliphatic hydroxyl groups is 8. The van der Waals surface area contributed by atoms with Crippen molar-refractivity contribution in [2.45, 2.75) is 99.0 Å². The fourth-order valence-corrected chi connectivity index (χ4v) is 7.37. The first-order valence-electron chi connectivity index (χ1n) is 19.9. The SMILES string of the molecule is CC1OC(OCC2OC(Oc3c(-c4ccc(O)c(O)c4)oc4cc(O)cc(O)c4c3=O)C(O)C(OC(=O)/C=C/c3ccc(O)cc3)C2O)C(O)C(OC2OC(CO)C(O)C(O)C2O)C1O. The predicted molar refractivity (Wildman–Crippen MR) is 214 cm³/mol. The molecule has 15 unspecified atom stereocenters. The van der Waals surface area contributed by atoms with E-state index in [4.69, 9.17) is 37.6 Å². The van der Waals surface area contributed by atoms with Crippen molar-refractivity contribution < 1.29 is 109 Å². The minimum atomic E-state index is -2.15. The van der Waals surface area contributed by atoms with Gasteiger partial charge in [-0.2, -0.15) is 0 Å². The van der Waals surface area contributed by atoms with Crippen molar-refractivity contribution in [3.63, 3.8) is 0 Å². The zero-order valence-electron chi connectivity index (χ0n) is 33.8. The molecule has 3 saturated heterocycles. The second-order valence-electron chi connectivity index (χ2n) is 15.4. The number of carbonyl (C=O) groups excluding carboxylic acids is 1. The molecule has 0 amide bonds. The molecule has 0 aliphatic carbocycles. The van der Waals surface area contributed by atoms with Crippen molar-refractivity contribution in [1.82, 2.24) is 0 Å². The van der Waals surface area contributed by atoms with Crippen LogP contribution < -0.4 is 10.2 Å². The Balaban J connectivity index is 1.19. The lowest BCUT2D eigenvalue weighted by Gasteiger charge is -2.46. The smallest absolute Gasteiger partial charge is 0.331 e. The third-order valence-corrected chi connectivity index (χ3v) is 10.9. The van der Waals surface area contributed by atoms with Crippen molar-refractivity contribution >= 4 is 23.0 Å². The van der Waals surface area contributed by atoms with Gasteiger partial charge in [0, 0.05) is 23.8 Å². The molecule has 0 spiro atoms. The van der Waals surface area contributed by atoms with Gasteiger partial charge in [0.05, 0.1) is 19.3 Å². The quantitative estimate of drug-likeness (QED) is 0.0419. The zero-order valence-corrected chi connectivity index (χ0v) is 33.8. The molecule has 0 bridgehead atoms. The van der Waals surface area contributed by atoms with E-state index in [9.17, 15) is 76.0 Å². The van der Waals surface area contributed by atoms with Crippen LogP contribution in [0.5, 0.6) is 34.5 Å². The van der Waals surface area contributed by atoms with Crippen molar-refractivity contribution in [3.8, 4) is 45.8 Å². The van der Waals surface area contributed by atoms with Crippen LogP contribution in [0.15, 0.2) is 69.9 Å². The second-order valence-corrected chi connectivity index (χ2v) is 15.4. The van der Waals surface area contributed by atoms with Gasteiger partial charge in [0.15, 0.2) is 42.0 Å². The number of rotatable bonds is 12. The average molecular weight is 919 g/mol. The number of carbonyl (C=O) groups is 1. The molecule has 0 saturated carbocycles. The summed E-state index contributed by atoms with van der Waals surface area (Å²) < 4.78 is 45.6. The van der Waals surface area contributed by atoms with E-state index in [1.54, 1.807) is 0 Å². The van der Waals surface area contributed by atoms with Gasteiger partial charge in [0.25, 0.3) is 0 Å². The fourth-order valence-electron chi connectivity index (χ4n) is 7.37. The Morgan fingerprint density at radius 2 is 1.37 bits per heavy atom. The maximum atomic E-state index is 14.1. The van der Waals surface area contributed by atoms with E-state index >= 15 is 0 Å². The standard InChI is InChI=1S/C42H46O23/c1-15-28(50)37(64-41-33(55)32(54)29(51)24(13-43)61-41)34(56)40(59-15)58-14-25-30(52)38(63-26(49)9-4-16-2-6-18(44)7-3-16)35(57)42(62-25)65-39-31(53)27-22(48)11-19(45)12-23(27)60-36(39)17-5-8-20(46)21(47)10-17/h2-12,15,24-25,28-30,32-35,37-38,40-48,50-52,54-57H,13-14H2,1H3/b9-4+. The predicted octanol–water partition coefficient (Wildman–Crippen LogP) is -1.89. The van der Waals surface area contributed by atoms with Crippen LogP contribution in [0.4, 0.5) is 0 Å². The minimum absolute atomic E-state index is 0.0507. The van der Waals surface area contributed by atoms with Crippen LogP contribution in [0.2, 0.25) is 0 Å². The highest BCUT2D eigenvalue weighted by molar-refractivity contribution is 5.89. The maximum Gasteiger partial charge on any atom is 0.331 e. The van der Waals surface area contributed by atoms with E-state index in [1.165, 1.54) is 43.3 Å². The van der Waals surface area contributed by atoms with Crippen LogP contribution in [-0.4, -0.2) is 178 Å². The average Bonchev–Trinajstić information content (AvgIpc) is 3.27. The normalized spacial score (nSPS) is 33.0. The van der Waals surface area contributed by atoms with Crippen molar-refractivity contribution in [2.75, 3.05) is 13.2 Å². The van der Waals surface area contributed by atoms with Gasteiger partial charge in [-0.3, -0.25) is 4.79 Å². The molecule has 0 radical (unpaired) electrons.